The molecular weight excluding hydrogens is 320 g/mol. The number of aliphatic hydroxyl groups is 1. The van der Waals surface area contributed by atoms with Crippen LogP contribution in [0.2, 0.25) is 39.3 Å². The summed E-state index contributed by atoms with van der Waals surface area (Å²) in [5.41, 5.74) is 0. The smallest absolute Gasteiger partial charge is 0.184 e. The van der Waals surface area contributed by atoms with E-state index in [1.54, 1.807) is 14.2 Å². The summed E-state index contributed by atoms with van der Waals surface area (Å²) in [6.45, 7) is 12.9. The quantitative estimate of drug-likeness (QED) is 0.705. The van der Waals surface area contributed by atoms with E-state index in [9.17, 15) is 5.11 Å². The summed E-state index contributed by atoms with van der Waals surface area (Å²) in [6, 6.07) is 0. The summed E-state index contributed by atoms with van der Waals surface area (Å²) in [5.74, 6) is 0. The Balaban J connectivity index is 3.03. The SMILES string of the molecule is COCC1OC(O)C(O[Si](C)(C)C)C(OC)C1O[Si](C)(C)C. The molecule has 1 aliphatic rings. The van der Waals surface area contributed by atoms with Crippen molar-refractivity contribution in [2.45, 2.75) is 70.0 Å². The number of methoxy groups -OCH3 is 2. The fourth-order valence-electron chi connectivity index (χ4n) is 2.55. The minimum atomic E-state index is -1.87. The minimum absolute atomic E-state index is 0.318. The zero-order chi connectivity index (χ0) is 17.1. The van der Waals surface area contributed by atoms with Gasteiger partial charge in [0.15, 0.2) is 22.9 Å². The van der Waals surface area contributed by atoms with Gasteiger partial charge in [-0.05, 0) is 39.3 Å². The van der Waals surface area contributed by atoms with Gasteiger partial charge in [-0.25, -0.2) is 0 Å². The lowest BCUT2D eigenvalue weighted by Gasteiger charge is -2.47. The zero-order valence-electron chi connectivity index (χ0n) is 15.1. The largest absolute Gasteiger partial charge is 0.409 e. The first-order chi connectivity index (χ1) is 9.98. The first-order valence-corrected chi connectivity index (χ1v) is 14.5. The van der Waals surface area contributed by atoms with Crippen LogP contribution >= 0.6 is 0 Å². The van der Waals surface area contributed by atoms with E-state index in [2.05, 4.69) is 39.3 Å². The van der Waals surface area contributed by atoms with Crippen molar-refractivity contribution in [2.75, 3.05) is 20.8 Å². The fourth-order valence-corrected chi connectivity index (χ4v) is 4.72. The highest BCUT2D eigenvalue weighted by molar-refractivity contribution is 6.70. The number of rotatable bonds is 7. The third-order valence-electron chi connectivity index (χ3n) is 3.19. The number of aliphatic hydroxyl groups excluding tert-OH is 1. The molecule has 22 heavy (non-hydrogen) atoms. The molecule has 0 aliphatic carbocycles. The molecule has 8 heteroatoms. The molecule has 1 fully saturated rings. The van der Waals surface area contributed by atoms with Crippen molar-refractivity contribution >= 4 is 16.6 Å². The van der Waals surface area contributed by atoms with E-state index in [1.165, 1.54) is 0 Å². The predicted molar refractivity (Wildman–Crippen MR) is 90.0 cm³/mol. The summed E-state index contributed by atoms with van der Waals surface area (Å²) < 4.78 is 29.0. The van der Waals surface area contributed by atoms with Gasteiger partial charge in [0.2, 0.25) is 0 Å². The average molecular weight is 353 g/mol. The van der Waals surface area contributed by atoms with E-state index >= 15 is 0 Å². The van der Waals surface area contributed by atoms with Crippen LogP contribution in [0.5, 0.6) is 0 Å². The van der Waals surface area contributed by atoms with Gasteiger partial charge in [0.25, 0.3) is 0 Å². The molecule has 6 nitrogen and oxygen atoms in total. The summed E-state index contributed by atoms with van der Waals surface area (Å²) >= 11 is 0. The molecule has 0 saturated carbocycles. The molecule has 1 heterocycles. The van der Waals surface area contributed by atoms with Gasteiger partial charge in [-0.1, -0.05) is 0 Å². The Morgan fingerprint density at radius 3 is 1.77 bits per heavy atom. The molecule has 0 bridgehead atoms. The highest BCUT2D eigenvalue weighted by Gasteiger charge is 2.49. The van der Waals surface area contributed by atoms with Gasteiger partial charge in [0.05, 0.1) is 6.61 Å². The van der Waals surface area contributed by atoms with Crippen LogP contribution in [0, 0.1) is 0 Å². The maximum Gasteiger partial charge on any atom is 0.184 e. The van der Waals surface area contributed by atoms with Crippen molar-refractivity contribution in [3.8, 4) is 0 Å². The molecule has 0 aromatic heterocycles. The Morgan fingerprint density at radius 2 is 1.36 bits per heavy atom. The molecule has 132 valence electrons. The van der Waals surface area contributed by atoms with E-state index in [0.29, 0.717) is 6.61 Å². The first kappa shape index (κ1) is 20.2. The van der Waals surface area contributed by atoms with E-state index < -0.39 is 29.0 Å². The average Bonchev–Trinajstić information content (AvgIpc) is 2.32. The molecule has 5 atom stereocenters. The Kier molecular flexibility index (Phi) is 7.22. The highest BCUT2D eigenvalue weighted by Crippen LogP contribution is 2.30. The van der Waals surface area contributed by atoms with Gasteiger partial charge in [0.1, 0.15) is 24.4 Å². The second-order valence-electron chi connectivity index (χ2n) is 7.61. The van der Waals surface area contributed by atoms with Crippen LogP contribution in [-0.4, -0.2) is 73.3 Å². The summed E-state index contributed by atoms with van der Waals surface area (Å²) in [4.78, 5) is 0. The topological polar surface area (TPSA) is 66.4 Å². The molecule has 1 saturated heterocycles. The maximum absolute atomic E-state index is 10.3. The van der Waals surface area contributed by atoms with Crippen LogP contribution in [0.3, 0.4) is 0 Å². The number of hydrogen-bond donors (Lipinski definition) is 1. The van der Waals surface area contributed by atoms with Crippen molar-refractivity contribution in [1.82, 2.24) is 0 Å². The molecule has 0 spiro atoms. The molecule has 1 N–H and O–H groups in total. The predicted octanol–water partition coefficient (Wildman–Crippen LogP) is 1.81. The summed E-state index contributed by atoms with van der Waals surface area (Å²) in [7, 11) is -0.470. The van der Waals surface area contributed by atoms with Crippen molar-refractivity contribution < 1.29 is 28.2 Å². The summed E-state index contributed by atoms with van der Waals surface area (Å²) in [6.07, 6.45) is -2.67. The monoisotopic (exact) mass is 352 g/mol. The van der Waals surface area contributed by atoms with E-state index in [1.807, 2.05) is 0 Å². The van der Waals surface area contributed by atoms with Gasteiger partial charge in [-0.15, -0.1) is 0 Å². The second-order valence-corrected chi connectivity index (χ2v) is 16.5. The van der Waals surface area contributed by atoms with Crippen molar-refractivity contribution in [2.24, 2.45) is 0 Å². The van der Waals surface area contributed by atoms with Crippen LogP contribution < -0.4 is 0 Å². The van der Waals surface area contributed by atoms with Gasteiger partial charge in [-0.3, -0.25) is 0 Å². The minimum Gasteiger partial charge on any atom is -0.409 e. The van der Waals surface area contributed by atoms with Crippen LogP contribution in [0.4, 0.5) is 0 Å². The molecule has 0 amide bonds. The molecule has 0 aromatic carbocycles. The number of ether oxygens (including phenoxy) is 3. The van der Waals surface area contributed by atoms with E-state index in [4.69, 9.17) is 23.1 Å². The van der Waals surface area contributed by atoms with Crippen LogP contribution in [-0.2, 0) is 23.1 Å². The van der Waals surface area contributed by atoms with E-state index in [-0.39, 0.29) is 18.3 Å². The molecule has 0 aromatic rings. The van der Waals surface area contributed by atoms with Gasteiger partial charge in [0, 0.05) is 14.2 Å². The molecule has 1 rings (SSSR count). The number of hydrogen-bond acceptors (Lipinski definition) is 6. The molecular formula is C14H32O6Si2. The maximum atomic E-state index is 10.3. The lowest BCUT2D eigenvalue weighted by Crippen LogP contribution is -2.64. The normalized spacial score (nSPS) is 34.0. The third kappa shape index (κ3) is 6.01. The van der Waals surface area contributed by atoms with Crippen LogP contribution in [0.25, 0.3) is 0 Å². The van der Waals surface area contributed by atoms with Gasteiger partial charge in [-0.2, -0.15) is 0 Å². The summed E-state index contributed by atoms with van der Waals surface area (Å²) in [5, 5.41) is 10.3. The van der Waals surface area contributed by atoms with Crippen LogP contribution in [0.15, 0.2) is 0 Å². The molecule has 0 radical (unpaired) electrons. The van der Waals surface area contributed by atoms with Crippen molar-refractivity contribution in [1.29, 1.82) is 0 Å². The van der Waals surface area contributed by atoms with E-state index in [0.717, 1.165) is 0 Å². The Bertz CT molecular complexity index is 341. The molecule has 5 unspecified atom stereocenters. The lowest BCUT2D eigenvalue weighted by molar-refractivity contribution is -0.284. The molecule has 1 aliphatic heterocycles. The van der Waals surface area contributed by atoms with Gasteiger partial charge < -0.3 is 28.2 Å². The van der Waals surface area contributed by atoms with Crippen molar-refractivity contribution in [3.05, 3.63) is 0 Å². The Hall–Kier alpha value is 0.194. The second kappa shape index (κ2) is 7.84. The lowest BCUT2D eigenvalue weighted by atomic mass is 9.99. The van der Waals surface area contributed by atoms with Crippen molar-refractivity contribution in [3.63, 3.8) is 0 Å². The standard InChI is InChI=1S/C14H32O6Si2/c1-16-9-10-11(19-21(3,4)5)12(17-2)13(14(15)18-10)20-22(6,7)8/h10-15H,9H2,1-8H3. The fraction of sp³-hybridized carbons (Fsp3) is 1.00. The highest BCUT2D eigenvalue weighted by atomic mass is 28.4. The third-order valence-corrected chi connectivity index (χ3v) is 5.15. The first-order valence-electron chi connectivity index (χ1n) is 7.69. The Labute approximate surface area is 136 Å². The van der Waals surface area contributed by atoms with Crippen LogP contribution in [0.1, 0.15) is 0 Å². The Morgan fingerprint density at radius 1 is 0.864 bits per heavy atom. The van der Waals surface area contributed by atoms with Gasteiger partial charge >= 0.3 is 0 Å². The zero-order valence-corrected chi connectivity index (χ0v) is 17.1.